The standard InChI is InChI=1S/C26H26N6O5S/c1-4-37-22-11-16(38(34,35)27-2)13-28-24(22)30-23-17-7-5-14(9-21(17)31-32-23)19-12-26(19)18-10-15(36-3)6-8-20(18)29-25(26)33/h5-11,13,19,27H,4,12H2,1-3H3,(H,29,33)(H2,28,30,31,32)/t19-,26-/m0/s1. The molecular weight excluding hydrogens is 508 g/mol. The number of methoxy groups -OCH3 is 1. The Morgan fingerprint density at radius 2 is 2.00 bits per heavy atom. The zero-order valence-electron chi connectivity index (χ0n) is 21.0. The summed E-state index contributed by atoms with van der Waals surface area (Å²) in [6.45, 7) is 2.13. The minimum absolute atomic E-state index is 0.000895. The van der Waals surface area contributed by atoms with Crippen LogP contribution in [0.5, 0.6) is 11.5 Å². The molecule has 1 aliphatic heterocycles. The van der Waals surface area contributed by atoms with Crippen molar-refractivity contribution in [3.8, 4) is 11.5 Å². The predicted molar refractivity (Wildman–Crippen MR) is 142 cm³/mol. The van der Waals surface area contributed by atoms with E-state index < -0.39 is 15.4 Å². The fourth-order valence-corrected chi connectivity index (χ4v) is 5.90. The van der Waals surface area contributed by atoms with Gasteiger partial charge in [0.2, 0.25) is 15.9 Å². The Morgan fingerprint density at radius 1 is 1.16 bits per heavy atom. The third-order valence-electron chi connectivity index (χ3n) is 7.25. The van der Waals surface area contributed by atoms with Crippen molar-refractivity contribution in [2.75, 3.05) is 31.4 Å². The molecule has 1 fully saturated rings. The number of hydrogen-bond donors (Lipinski definition) is 4. The number of nitrogens with one attached hydrogen (secondary N) is 4. The Bertz CT molecular complexity index is 1700. The Labute approximate surface area is 219 Å². The van der Waals surface area contributed by atoms with E-state index in [4.69, 9.17) is 9.47 Å². The number of carbonyl (C=O) groups is 1. The molecule has 0 bridgehead atoms. The van der Waals surface area contributed by atoms with Gasteiger partial charge in [-0.1, -0.05) is 6.07 Å². The van der Waals surface area contributed by atoms with Gasteiger partial charge in [0.25, 0.3) is 0 Å². The molecule has 1 spiro atoms. The van der Waals surface area contributed by atoms with E-state index in [-0.39, 0.29) is 22.5 Å². The minimum atomic E-state index is -3.67. The van der Waals surface area contributed by atoms with E-state index in [1.165, 1.54) is 19.3 Å². The Morgan fingerprint density at radius 3 is 2.76 bits per heavy atom. The molecular formula is C26H26N6O5S. The van der Waals surface area contributed by atoms with E-state index in [1.54, 1.807) is 14.0 Å². The van der Waals surface area contributed by atoms with Gasteiger partial charge in [-0.3, -0.25) is 9.89 Å². The Hall–Kier alpha value is -4.16. The highest BCUT2D eigenvalue weighted by molar-refractivity contribution is 7.89. The number of H-pyrrole nitrogens is 1. The Balaban J connectivity index is 1.30. The fraction of sp³-hybridized carbons (Fsp3) is 0.269. The molecule has 1 aliphatic carbocycles. The highest BCUT2D eigenvalue weighted by atomic mass is 32.2. The summed E-state index contributed by atoms with van der Waals surface area (Å²) in [5.74, 6) is 1.92. The Kier molecular flexibility index (Phi) is 5.54. The van der Waals surface area contributed by atoms with Crippen molar-refractivity contribution in [2.24, 2.45) is 0 Å². The van der Waals surface area contributed by atoms with Gasteiger partial charge in [0, 0.05) is 29.3 Å². The highest BCUT2D eigenvalue weighted by Crippen LogP contribution is 2.65. The van der Waals surface area contributed by atoms with Crippen molar-refractivity contribution in [3.05, 3.63) is 59.8 Å². The van der Waals surface area contributed by atoms with Gasteiger partial charge in [-0.15, -0.1) is 0 Å². The number of pyridine rings is 1. The maximum absolute atomic E-state index is 13.0. The van der Waals surface area contributed by atoms with Crippen molar-refractivity contribution in [1.82, 2.24) is 19.9 Å². The van der Waals surface area contributed by atoms with Crippen LogP contribution in [-0.4, -0.2) is 50.3 Å². The van der Waals surface area contributed by atoms with Gasteiger partial charge in [-0.25, -0.2) is 18.1 Å². The molecule has 0 radical (unpaired) electrons. The monoisotopic (exact) mass is 534 g/mol. The molecule has 0 unspecified atom stereocenters. The van der Waals surface area contributed by atoms with E-state index in [9.17, 15) is 13.2 Å². The number of hydrogen-bond acceptors (Lipinski definition) is 8. The summed E-state index contributed by atoms with van der Waals surface area (Å²) in [7, 11) is -0.718. The van der Waals surface area contributed by atoms with Crippen LogP contribution < -0.4 is 24.8 Å². The lowest BCUT2D eigenvalue weighted by Gasteiger charge is -2.12. The van der Waals surface area contributed by atoms with E-state index in [0.717, 1.165) is 33.5 Å². The molecule has 6 rings (SSSR count). The van der Waals surface area contributed by atoms with Crippen LogP contribution in [0.1, 0.15) is 30.4 Å². The topological polar surface area (TPSA) is 147 Å². The molecule has 4 aromatic rings. The molecule has 2 aliphatic rings. The van der Waals surface area contributed by atoms with Crippen molar-refractivity contribution in [3.63, 3.8) is 0 Å². The maximum atomic E-state index is 13.0. The van der Waals surface area contributed by atoms with Crippen LogP contribution >= 0.6 is 0 Å². The summed E-state index contributed by atoms with van der Waals surface area (Å²) in [4.78, 5) is 17.3. The number of carbonyl (C=O) groups excluding carboxylic acids is 1. The zero-order valence-corrected chi connectivity index (χ0v) is 21.8. The molecule has 38 heavy (non-hydrogen) atoms. The summed E-state index contributed by atoms with van der Waals surface area (Å²) >= 11 is 0. The van der Waals surface area contributed by atoms with Crippen molar-refractivity contribution in [1.29, 1.82) is 0 Å². The van der Waals surface area contributed by atoms with Gasteiger partial charge in [-0.2, -0.15) is 5.10 Å². The smallest absolute Gasteiger partial charge is 0.241 e. The van der Waals surface area contributed by atoms with E-state index >= 15 is 0 Å². The lowest BCUT2D eigenvalue weighted by Crippen LogP contribution is -2.21. The lowest BCUT2D eigenvalue weighted by atomic mass is 9.91. The SMILES string of the molecule is CCOc1cc(S(=O)(=O)NC)cnc1Nc1n[nH]c2cc([C@@H]3C[C@@]34C(=O)Nc3ccc(OC)cc34)ccc12. The van der Waals surface area contributed by atoms with Gasteiger partial charge in [0.1, 0.15) is 10.6 Å². The van der Waals surface area contributed by atoms with Gasteiger partial charge in [0.15, 0.2) is 17.4 Å². The van der Waals surface area contributed by atoms with Crippen molar-refractivity contribution >= 4 is 44.2 Å². The minimum Gasteiger partial charge on any atom is -0.497 e. The molecule has 2 aromatic carbocycles. The number of ether oxygens (including phenoxy) is 2. The maximum Gasteiger partial charge on any atom is 0.241 e. The first-order chi connectivity index (χ1) is 18.3. The van der Waals surface area contributed by atoms with E-state index in [0.29, 0.717) is 24.7 Å². The molecule has 0 saturated heterocycles. The van der Waals surface area contributed by atoms with Gasteiger partial charge in [0.05, 0.1) is 24.6 Å². The van der Waals surface area contributed by atoms with E-state index in [1.807, 2.05) is 36.4 Å². The molecule has 1 amide bonds. The summed E-state index contributed by atoms with van der Waals surface area (Å²) in [6, 6.07) is 13.1. The number of aromatic nitrogens is 3. The van der Waals surface area contributed by atoms with Crippen LogP contribution in [0.25, 0.3) is 10.9 Å². The number of amides is 1. The first kappa shape index (κ1) is 24.2. The summed E-state index contributed by atoms with van der Waals surface area (Å²) in [5.41, 5.74) is 3.04. The number of fused-ring (bicyclic) bond motifs is 3. The van der Waals surface area contributed by atoms with Gasteiger partial charge >= 0.3 is 0 Å². The van der Waals surface area contributed by atoms with Gasteiger partial charge < -0.3 is 20.1 Å². The summed E-state index contributed by atoms with van der Waals surface area (Å²) < 4.78 is 37.7. The number of rotatable bonds is 8. The second kappa shape index (κ2) is 8.71. The number of aromatic amines is 1. The number of sulfonamides is 1. The normalized spacial score (nSPS) is 19.9. The average Bonchev–Trinajstić information content (AvgIpc) is 3.47. The third kappa shape index (κ3) is 3.67. The molecule has 12 heteroatoms. The quantitative estimate of drug-likeness (QED) is 0.269. The molecule has 3 heterocycles. The van der Waals surface area contributed by atoms with Crippen LogP contribution in [0.15, 0.2) is 53.6 Å². The third-order valence-corrected chi connectivity index (χ3v) is 8.64. The van der Waals surface area contributed by atoms with Crippen molar-refractivity contribution in [2.45, 2.75) is 29.6 Å². The number of benzene rings is 2. The molecule has 11 nitrogen and oxygen atoms in total. The fourth-order valence-electron chi connectivity index (χ4n) is 5.21. The molecule has 196 valence electrons. The predicted octanol–water partition coefficient (Wildman–Crippen LogP) is 3.39. The van der Waals surface area contributed by atoms with Crippen LogP contribution in [0.4, 0.5) is 17.3 Å². The van der Waals surface area contributed by atoms with Crippen LogP contribution in [0.2, 0.25) is 0 Å². The second-order valence-corrected chi connectivity index (χ2v) is 11.1. The van der Waals surface area contributed by atoms with Crippen LogP contribution in [0.3, 0.4) is 0 Å². The first-order valence-corrected chi connectivity index (χ1v) is 13.6. The lowest BCUT2D eigenvalue weighted by molar-refractivity contribution is -0.118. The number of nitrogens with zero attached hydrogens (tertiary/aromatic N) is 2. The van der Waals surface area contributed by atoms with Crippen LogP contribution in [-0.2, 0) is 20.2 Å². The van der Waals surface area contributed by atoms with Gasteiger partial charge in [-0.05, 0) is 61.9 Å². The molecule has 1 saturated carbocycles. The molecule has 2 aromatic heterocycles. The largest absolute Gasteiger partial charge is 0.497 e. The first-order valence-electron chi connectivity index (χ1n) is 12.1. The van der Waals surface area contributed by atoms with Crippen molar-refractivity contribution < 1.29 is 22.7 Å². The molecule has 4 N–H and O–H groups in total. The van der Waals surface area contributed by atoms with Crippen LogP contribution in [0, 0.1) is 0 Å². The average molecular weight is 535 g/mol. The summed E-state index contributed by atoms with van der Waals surface area (Å²) in [6.07, 6.45) is 1.98. The summed E-state index contributed by atoms with van der Waals surface area (Å²) in [5, 5.41) is 14.4. The zero-order chi connectivity index (χ0) is 26.7. The molecule has 2 atom stereocenters. The highest BCUT2D eigenvalue weighted by Gasteiger charge is 2.65. The number of anilines is 3. The van der Waals surface area contributed by atoms with E-state index in [2.05, 4.69) is 30.5 Å². The second-order valence-electron chi connectivity index (χ2n) is 9.25.